The van der Waals surface area contributed by atoms with Crippen LogP contribution in [0.4, 0.5) is 5.69 Å². The Morgan fingerprint density at radius 3 is 2.19 bits per heavy atom. The number of phenolic OH excluding ortho intramolecular Hbond substituents is 1. The maximum absolute atomic E-state index is 13.3. The van der Waals surface area contributed by atoms with Gasteiger partial charge in [-0.25, -0.2) is 0 Å². The lowest BCUT2D eigenvalue weighted by atomic mass is 9.84. The summed E-state index contributed by atoms with van der Waals surface area (Å²) in [6.45, 7) is 6.03. The lowest BCUT2D eigenvalue weighted by Crippen LogP contribution is -2.29. The van der Waals surface area contributed by atoms with Gasteiger partial charge in [0.15, 0.2) is 0 Å². The molecule has 1 amide bonds. The Morgan fingerprint density at radius 2 is 1.64 bits per heavy atom. The smallest absolute Gasteiger partial charge is 0.300 e. The SMILES string of the molecule is COc1ccc(/C(O)=C2/C(=O)C(=O)N(c3ccc(C#N)cc3)C2c2ccc(O)cc2)cc1C(C)(C)C. The van der Waals surface area contributed by atoms with Gasteiger partial charge in [0.05, 0.1) is 30.4 Å². The number of carbonyl (C=O) groups is 2. The Hall–Kier alpha value is -4.57. The Labute approximate surface area is 209 Å². The van der Waals surface area contributed by atoms with Gasteiger partial charge in [0, 0.05) is 16.8 Å². The predicted octanol–water partition coefficient (Wildman–Crippen LogP) is 5.20. The molecule has 36 heavy (non-hydrogen) atoms. The molecule has 0 saturated carbocycles. The minimum atomic E-state index is -0.946. The first-order valence-corrected chi connectivity index (χ1v) is 11.4. The largest absolute Gasteiger partial charge is 0.508 e. The second-order valence-corrected chi connectivity index (χ2v) is 9.58. The fourth-order valence-electron chi connectivity index (χ4n) is 4.36. The molecule has 0 spiro atoms. The molecule has 2 N–H and O–H groups in total. The third kappa shape index (κ3) is 4.29. The van der Waals surface area contributed by atoms with E-state index in [-0.39, 0.29) is 22.5 Å². The standard InChI is InChI=1S/C29H26N2O5/c1-29(2,3)22-15-19(9-14-23(22)36-4)26(33)24-25(18-7-12-21(32)13-8-18)31(28(35)27(24)34)20-10-5-17(16-30)6-11-20/h5-15,25,32-33H,1-4H3/b26-24-. The number of aliphatic hydroxyl groups excluding tert-OH is 1. The molecule has 3 aromatic rings. The molecule has 1 saturated heterocycles. The van der Waals surface area contributed by atoms with Gasteiger partial charge < -0.3 is 14.9 Å². The molecular formula is C29H26N2O5. The monoisotopic (exact) mass is 482 g/mol. The third-order valence-corrected chi connectivity index (χ3v) is 6.21. The summed E-state index contributed by atoms with van der Waals surface area (Å²) in [5, 5.41) is 30.4. The van der Waals surface area contributed by atoms with Crippen molar-refractivity contribution in [2.45, 2.75) is 32.2 Å². The summed E-state index contributed by atoms with van der Waals surface area (Å²) in [6, 6.07) is 18.6. The van der Waals surface area contributed by atoms with Gasteiger partial charge in [-0.2, -0.15) is 5.26 Å². The number of phenols is 1. The molecule has 182 valence electrons. The minimum absolute atomic E-state index is 0.0269. The first-order valence-electron chi connectivity index (χ1n) is 11.4. The van der Waals surface area contributed by atoms with Gasteiger partial charge >= 0.3 is 0 Å². The molecule has 1 aliphatic rings. The molecule has 3 aromatic carbocycles. The van der Waals surface area contributed by atoms with Crippen molar-refractivity contribution in [1.82, 2.24) is 0 Å². The first kappa shape index (κ1) is 24.6. The highest BCUT2D eigenvalue weighted by Gasteiger charge is 2.47. The van der Waals surface area contributed by atoms with Crippen LogP contribution in [0.2, 0.25) is 0 Å². The summed E-state index contributed by atoms with van der Waals surface area (Å²) in [5.41, 5.74) is 2.16. The number of nitriles is 1. The zero-order valence-electron chi connectivity index (χ0n) is 20.4. The highest BCUT2D eigenvalue weighted by Crippen LogP contribution is 2.43. The Morgan fingerprint density at radius 1 is 1.00 bits per heavy atom. The molecule has 1 fully saturated rings. The average Bonchev–Trinajstić information content (AvgIpc) is 3.13. The molecule has 7 heteroatoms. The summed E-state index contributed by atoms with van der Waals surface area (Å²) in [4.78, 5) is 27.9. The Kier molecular flexibility index (Phi) is 6.30. The van der Waals surface area contributed by atoms with Crippen molar-refractivity contribution in [1.29, 1.82) is 5.26 Å². The van der Waals surface area contributed by atoms with E-state index >= 15 is 0 Å². The molecule has 4 rings (SSSR count). The number of hydrogen-bond acceptors (Lipinski definition) is 6. The van der Waals surface area contributed by atoms with Crippen LogP contribution < -0.4 is 9.64 Å². The number of ketones is 1. The van der Waals surface area contributed by atoms with Gasteiger partial charge in [0.2, 0.25) is 0 Å². The van der Waals surface area contributed by atoms with Crippen molar-refractivity contribution >= 4 is 23.1 Å². The second kappa shape index (κ2) is 9.23. The molecule has 0 aromatic heterocycles. The molecule has 1 unspecified atom stereocenters. The maximum Gasteiger partial charge on any atom is 0.300 e. The highest BCUT2D eigenvalue weighted by atomic mass is 16.5. The fourth-order valence-corrected chi connectivity index (χ4v) is 4.36. The fraction of sp³-hybridized carbons (Fsp3) is 0.207. The predicted molar refractivity (Wildman–Crippen MR) is 136 cm³/mol. The topological polar surface area (TPSA) is 111 Å². The molecule has 1 aliphatic heterocycles. The summed E-state index contributed by atoms with van der Waals surface area (Å²) in [6.07, 6.45) is 0. The molecule has 1 atom stereocenters. The molecule has 0 bridgehead atoms. The van der Waals surface area contributed by atoms with E-state index in [2.05, 4.69) is 0 Å². The molecule has 1 heterocycles. The zero-order valence-corrected chi connectivity index (χ0v) is 20.4. The number of rotatable bonds is 4. The van der Waals surface area contributed by atoms with Crippen molar-refractivity contribution in [3.8, 4) is 17.6 Å². The van der Waals surface area contributed by atoms with E-state index < -0.39 is 17.7 Å². The first-order chi connectivity index (χ1) is 17.1. The number of aliphatic hydroxyl groups is 1. The van der Waals surface area contributed by atoms with Gasteiger partial charge in [-0.05, 0) is 65.6 Å². The number of hydrogen-bond donors (Lipinski definition) is 2. The number of benzene rings is 3. The number of amides is 1. The van der Waals surface area contributed by atoms with E-state index in [0.717, 1.165) is 5.56 Å². The van der Waals surface area contributed by atoms with Gasteiger partial charge in [0.1, 0.15) is 17.3 Å². The van der Waals surface area contributed by atoms with E-state index in [1.807, 2.05) is 26.8 Å². The van der Waals surface area contributed by atoms with Gasteiger partial charge in [-0.1, -0.05) is 32.9 Å². The number of nitrogens with zero attached hydrogens (tertiary/aromatic N) is 2. The van der Waals surface area contributed by atoms with Crippen LogP contribution in [0.5, 0.6) is 11.5 Å². The van der Waals surface area contributed by atoms with E-state index in [1.165, 1.54) is 17.0 Å². The summed E-state index contributed by atoms with van der Waals surface area (Å²) < 4.78 is 5.49. The molecule has 0 radical (unpaired) electrons. The van der Waals surface area contributed by atoms with Crippen LogP contribution >= 0.6 is 0 Å². The number of Topliss-reactive ketones (excluding diaryl/α,β-unsaturated/α-hetero) is 1. The average molecular weight is 483 g/mol. The van der Waals surface area contributed by atoms with E-state index in [9.17, 15) is 19.8 Å². The maximum atomic E-state index is 13.3. The number of methoxy groups -OCH3 is 1. The Bertz CT molecular complexity index is 1410. The molecule has 7 nitrogen and oxygen atoms in total. The van der Waals surface area contributed by atoms with Crippen LogP contribution in [-0.4, -0.2) is 29.0 Å². The molecular weight excluding hydrogens is 456 g/mol. The van der Waals surface area contributed by atoms with Crippen molar-refractivity contribution in [3.05, 3.63) is 94.6 Å². The van der Waals surface area contributed by atoms with Crippen molar-refractivity contribution in [2.24, 2.45) is 0 Å². The number of carbonyl (C=O) groups excluding carboxylic acids is 2. The number of aromatic hydroxyl groups is 1. The van der Waals surface area contributed by atoms with Gasteiger partial charge in [-0.3, -0.25) is 14.5 Å². The van der Waals surface area contributed by atoms with Crippen molar-refractivity contribution < 1.29 is 24.5 Å². The van der Waals surface area contributed by atoms with Crippen LogP contribution in [0.15, 0.2) is 72.3 Å². The Balaban J connectivity index is 1.95. The van der Waals surface area contributed by atoms with E-state index in [4.69, 9.17) is 10.00 Å². The minimum Gasteiger partial charge on any atom is -0.508 e. The summed E-state index contributed by atoms with van der Waals surface area (Å²) in [7, 11) is 1.57. The lowest BCUT2D eigenvalue weighted by Gasteiger charge is -2.26. The van der Waals surface area contributed by atoms with Crippen LogP contribution in [0.1, 0.15) is 49.1 Å². The van der Waals surface area contributed by atoms with E-state index in [0.29, 0.717) is 28.1 Å². The van der Waals surface area contributed by atoms with Crippen LogP contribution in [-0.2, 0) is 15.0 Å². The van der Waals surface area contributed by atoms with E-state index in [1.54, 1.807) is 61.7 Å². The zero-order chi connectivity index (χ0) is 26.2. The molecule has 0 aliphatic carbocycles. The van der Waals surface area contributed by atoms with Gasteiger partial charge in [0.25, 0.3) is 11.7 Å². The number of anilines is 1. The normalized spacial score (nSPS) is 17.2. The summed E-state index contributed by atoms with van der Waals surface area (Å²) in [5.74, 6) is -1.27. The number of ether oxygens (including phenoxy) is 1. The van der Waals surface area contributed by atoms with Crippen LogP contribution in [0.25, 0.3) is 5.76 Å². The van der Waals surface area contributed by atoms with Crippen LogP contribution in [0, 0.1) is 11.3 Å². The van der Waals surface area contributed by atoms with Crippen molar-refractivity contribution in [3.63, 3.8) is 0 Å². The highest BCUT2D eigenvalue weighted by molar-refractivity contribution is 6.51. The summed E-state index contributed by atoms with van der Waals surface area (Å²) >= 11 is 0. The third-order valence-electron chi connectivity index (χ3n) is 6.21. The quantitative estimate of drug-likeness (QED) is 0.301. The van der Waals surface area contributed by atoms with Crippen molar-refractivity contribution in [2.75, 3.05) is 12.0 Å². The van der Waals surface area contributed by atoms with Gasteiger partial charge in [-0.15, -0.1) is 0 Å². The van der Waals surface area contributed by atoms with Crippen LogP contribution in [0.3, 0.4) is 0 Å². The lowest BCUT2D eigenvalue weighted by molar-refractivity contribution is -0.132. The second-order valence-electron chi connectivity index (χ2n) is 9.58.